The summed E-state index contributed by atoms with van der Waals surface area (Å²) >= 11 is 5.80. The molecule has 0 radical (unpaired) electrons. The third-order valence-electron chi connectivity index (χ3n) is 8.36. The molecule has 17 heteroatoms. The van der Waals surface area contributed by atoms with Gasteiger partial charge < -0.3 is 14.0 Å². The standard InChI is InChI=1S/C31H28ClF4N7O4S/c1-48(44,45)30-39-28(40-41-30)18-3-5-26-24(11-18)37-27(43(26)13-21-7-9-46-21)15-42-8-6-17-10-22(31(34,35)36)29(38-25(17)14-42)47-16-19-2-4-20(32)12-23(19)33/h2-5,10-12,21H,6-9,13-16H2,1H3,(H,39,40,41)/t21-/m0/s1. The molecule has 1 N–H and O–H groups in total. The molecule has 2 aliphatic heterocycles. The van der Waals surface area contributed by atoms with Gasteiger partial charge in [0.1, 0.15) is 23.8 Å². The van der Waals surface area contributed by atoms with Crippen molar-refractivity contribution in [3.63, 3.8) is 0 Å². The molecule has 2 aromatic carbocycles. The van der Waals surface area contributed by atoms with Crippen molar-refractivity contribution in [2.75, 3.05) is 19.4 Å². The summed E-state index contributed by atoms with van der Waals surface area (Å²) < 4.78 is 93.4. The number of H-pyrrole nitrogens is 1. The van der Waals surface area contributed by atoms with Crippen molar-refractivity contribution in [2.45, 2.75) is 56.5 Å². The number of nitrogens with one attached hydrogen (secondary N) is 1. The van der Waals surface area contributed by atoms with Crippen LogP contribution in [0.2, 0.25) is 5.02 Å². The van der Waals surface area contributed by atoms with Crippen LogP contribution in [0.25, 0.3) is 22.4 Å². The average molecular weight is 706 g/mol. The molecule has 5 heterocycles. The van der Waals surface area contributed by atoms with Crippen molar-refractivity contribution < 1.29 is 35.5 Å². The summed E-state index contributed by atoms with van der Waals surface area (Å²) in [5.74, 6) is -0.383. The molecule has 0 unspecified atom stereocenters. The van der Waals surface area contributed by atoms with Crippen LogP contribution in [0.4, 0.5) is 17.6 Å². The maximum Gasteiger partial charge on any atom is 0.421 e. The van der Waals surface area contributed by atoms with Gasteiger partial charge in [-0.25, -0.2) is 27.9 Å². The number of nitrogens with zero attached hydrogens (tertiary/aromatic N) is 6. The summed E-state index contributed by atoms with van der Waals surface area (Å²) in [5.41, 5.74) is 1.97. The van der Waals surface area contributed by atoms with Crippen molar-refractivity contribution in [3.05, 3.63) is 81.5 Å². The van der Waals surface area contributed by atoms with Gasteiger partial charge in [-0.15, -0.1) is 0 Å². The lowest BCUT2D eigenvalue weighted by molar-refractivity contribution is -0.139. The van der Waals surface area contributed by atoms with Crippen molar-refractivity contribution in [1.29, 1.82) is 0 Å². The number of rotatable bonds is 9. The van der Waals surface area contributed by atoms with Crippen LogP contribution in [0, 0.1) is 5.82 Å². The van der Waals surface area contributed by atoms with Crippen LogP contribution in [0.5, 0.6) is 5.88 Å². The highest BCUT2D eigenvalue weighted by Gasteiger charge is 2.37. The average Bonchev–Trinajstić information content (AvgIpc) is 3.63. The fourth-order valence-corrected chi connectivity index (χ4v) is 6.37. The molecule has 0 saturated carbocycles. The van der Waals surface area contributed by atoms with E-state index in [4.69, 9.17) is 26.1 Å². The third kappa shape index (κ3) is 6.61. The lowest BCUT2D eigenvalue weighted by Gasteiger charge is -2.30. The summed E-state index contributed by atoms with van der Waals surface area (Å²) in [7, 11) is -3.57. The summed E-state index contributed by atoms with van der Waals surface area (Å²) in [5, 5.41) is 6.42. The highest BCUT2D eigenvalue weighted by atomic mass is 35.5. The van der Waals surface area contributed by atoms with Gasteiger partial charge in [-0.05, 0) is 54.8 Å². The molecule has 5 aromatic rings. The summed E-state index contributed by atoms with van der Waals surface area (Å²) in [6.07, 6.45) is -2.45. The van der Waals surface area contributed by atoms with Crippen molar-refractivity contribution in [3.8, 4) is 17.3 Å². The zero-order valence-corrected chi connectivity index (χ0v) is 27.0. The van der Waals surface area contributed by atoms with E-state index in [2.05, 4.69) is 24.7 Å². The Labute approximate surface area is 276 Å². The normalized spacial score (nSPS) is 17.0. The lowest BCUT2D eigenvalue weighted by Crippen LogP contribution is -2.34. The molecular formula is C31H28ClF4N7O4S. The number of pyridine rings is 1. The Bertz CT molecular complexity index is 2130. The van der Waals surface area contributed by atoms with E-state index >= 15 is 0 Å². The van der Waals surface area contributed by atoms with Crippen molar-refractivity contribution in [2.24, 2.45) is 0 Å². The maximum atomic E-state index is 14.3. The number of benzene rings is 2. The highest BCUT2D eigenvalue weighted by molar-refractivity contribution is 7.90. The van der Waals surface area contributed by atoms with E-state index in [1.807, 2.05) is 11.0 Å². The van der Waals surface area contributed by atoms with Gasteiger partial charge in [0.15, 0.2) is 5.82 Å². The smallest absolute Gasteiger partial charge is 0.421 e. The second-order valence-electron chi connectivity index (χ2n) is 11.8. The number of ether oxygens (including phenoxy) is 2. The van der Waals surface area contributed by atoms with Crippen LogP contribution in [0.1, 0.15) is 34.6 Å². The zero-order valence-electron chi connectivity index (χ0n) is 25.4. The first-order valence-electron chi connectivity index (χ1n) is 14.9. The van der Waals surface area contributed by atoms with Gasteiger partial charge in [-0.2, -0.15) is 23.3 Å². The molecule has 0 bridgehead atoms. The molecule has 48 heavy (non-hydrogen) atoms. The Hall–Kier alpha value is -4.12. The Kier molecular flexibility index (Phi) is 8.38. The number of hydrogen-bond acceptors (Lipinski definition) is 9. The number of sulfone groups is 1. The zero-order chi connectivity index (χ0) is 33.8. The number of alkyl halides is 3. The second kappa shape index (κ2) is 12.4. The van der Waals surface area contributed by atoms with Crippen LogP contribution in [0.15, 0.2) is 47.6 Å². The Balaban J connectivity index is 1.16. The van der Waals surface area contributed by atoms with E-state index in [0.29, 0.717) is 55.0 Å². The second-order valence-corrected chi connectivity index (χ2v) is 14.2. The minimum atomic E-state index is -4.72. The van der Waals surface area contributed by atoms with Crippen LogP contribution in [-0.2, 0) is 53.4 Å². The number of halogens is 5. The van der Waals surface area contributed by atoms with Gasteiger partial charge >= 0.3 is 6.18 Å². The number of hydrogen-bond donors (Lipinski definition) is 1. The summed E-state index contributed by atoms with van der Waals surface area (Å²) in [6.45, 7) is 1.83. The van der Waals surface area contributed by atoms with Gasteiger partial charge in [0, 0.05) is 42.1 Å². The summed E-state index contributed by atoms with van der Waals surface area (Å²) in [6, 6.07) is 10.4. The van der Waals surface area contributed by atoms with E-state index in [1.54, 1.807) is 12.1 Å². The molecule has 0 aliphatic carbocycles. The Morgan fingerprint density at radius 1 is 1.12 bits per heavy atom. The predicted octanol–water partition coefficient (Wildman–Crippen LogP) is 5.36. The Morgan fingerprint density at radius 3 is 2.62 bits per heavy atom. The molecule has 0 amide bonds. The van der Waals surface area contributed by atoms with E-state index in [9.17, 15) is 26.0 Å². The van der Waals surface area contributed by atoms with Gasteiger partial charge in [-0.1, -0.05) is 17.7 Å². The molecule has 1 fully saturated rings. The molecule has 2 aliphatic rings. The molecule has 0 spiro atoms. The minimum absolute atomic E-state index is 0.0147. The van der Waals surface area contributed by atoms with Gasteiger partial charge in [0.2, 0.25) is 20.9 Å². The van der Waals surface area contributed by atoms with E-state index in [1.165, 1.54) is 12.1 Å². The number of aromatic nitrogens is 6. The number of aromatic amines is 1. The monoisotopic (exact) mass is 705 g/mol. The first kappa shape index (κ1) is 32.4. The van der Waals surface area contributed by atoms with Crippen molar-refractivity contribution >= 4 is 32.5 Å². The van der Waals surface area contributed by atoms with Gasteiger partial charge in [-0.3, -0.25) is 4.90 Å². The van der Waals surface area contributed by atoms with E-state index in [0.717, 1.165) is 36.2 Å². The first-order valence-corrected chi connectivity index (χ1v) is 17.2. The number of imidazole rings is 1. The van der Waals surface area contributed by atoms with Gasteiger partial charge in [0.05, 0.1) is 35.9 Å². The largest absolute Gasteiger partial charge is 0.472 e. The molecule has 11 nitrogen and oxygen atoms in total. The van der Waals surface area contributed by atoms with Crippen LogP contribution in [-0.4, -0.2) is 68.5 Å². The van der Waals surface area contributed by atoms with Gasteiger partial charge in [0.25, 0.3) is 0 Å². The molecule has 1 saturated heterocycles. The summed E-state index contributed by atoms with van der Waals surface area (Å²) in [4.78, 5) is 15.3. The van der Waals surface area contributed by atoms with Crippen molar-refractivity contribution in [1.82, 2.24) is 34.6 Å². The fourth-order valence-electron chi connectivity index (χ4n) is 5.75. The van der Waals surface area contributed by atoms with Crippen LogP contribution in [0.3, 0.4) is 0 Å². The maximum absolute atomic E-state index is 14.3. The third-order valence-corrected chi connectivity index (χ3v) is 9.48. The fraction of sp³-hybridized carbons (Fsp3) is 0.355. The van der Waals surface area contributed by atoms with E-state index in [-0.39, 0.29) is 34.2 Å². The lowest BCUT2D eigenvalue weighted by atomic mass is 10.0. The Morgan fingerprint density at radius 2 is 1.94 bits per heavy atom. The van der Waals surface area contributed by atoms with Crippen LogP contribution >= 0.6 is 11.6 Å². The minimum Gasteiger partial charge on any atom is -0.472 e. The predicted molar refractivity (Wildman–Crippen MR) is 165 cm³/mol. The quantitative estimate of drug-likeness (QED) is 0.202. The highest BCUT2D eigenvalue weighted by Crippen LogP contribution is 2.38. The molecular weight excluding hydrogens is 678 g/mol. The molecule has 252 valence electrons. The number of fused-ring (bicyclic) bond motifs is 2. The SMILES string of the molecule is CS(=O)(=O)c1nc(-c2ccc3c(c2)nc(CN2CCc4cc(C(F)(F)F)c(OCc5ccc(Cl)cc5F)nc4C2)n3C[C@@H]2CCO2)n[nH]1. The molecule has 1 atom stereocenters. The first-order chi connectivity index (χ1) is 22.8. The van der Waals surface area contributed by atoms with Crippen LogP contribution < -0.4 is 4.74 Å². The van der Waals surface area contributed by atoms with E-state index < -0.39 is 39.9 Å². The topological polar surface area (TPSA) is 128 Å². The molecule has 3 aromatic heterocycles. The molecule has 7 rings (SSSR count).